The highest BCUT2D eigenvalue weighted by molar-refractivity contribution is 6.31. The zero-order valence-corrected chi connectivity index (χ0v) is 19.9. The normalized spacial score (nSPS) is 12.8. The Kier molecular flexibility index (Phi) is 10.4. The number of unbranched alkanes of at least 4 members (excludes halogenated alkanes) is 1. The number of benzene rings is 2. The second-order valence-electron chi connectivity index (χ2n) is 8.02. The number of carbonyl (C=O) groups is 2. The summed E-state index contributed by atoms with van der Waals surface area (Å²) in [5, 5.41) is 7.19. The summed E-state index contributed by atoms with van der Waals surface area (Å²) in [6, 6.07) is 13.9. The maximum atomic E-state index is 12.6. The van der Waals surface area contributed by atoms with Crippen molar-refractivity contribution in [1.82, 2.24) is 10.6 Å². The van der Waals surface area contributed by atoms with Crippen LogP contribution in [0, 0.1) is 5.41 Å². The van der Waals surface area contributed by atoms with Crippen LogP contribution in [-0.2, 0) is 0 Å². The molecule has 0 heterocycles. The molecular weight excluding hydrogens is 431 g/mol. The third kappa shape index (κ3) is 8.19. The van der Waals surface area contributed by atoms with E-state index in [1.54, 1.807) is 48.5 Å². The van der Waals surface area contributed by atoms with E-state index in [1.807, 2.05) is 0 Å². The molecule has 4 nitrogen and oxygen atoms in total. The van der Waals surface area contributed by atoms with E-state index >= 15 is 0 Å². The van der Waals surface area contributed by atoms with E-state index in [2.05, 4.69) is 24.5 Å². The molecule has 0 saturated carbocycles. The van der Waals surface area contributed by atoms with Gasteiger partial charge in [-0.25, -0.2) is 0 Å². The number of hydrogen-bond acceptors (Lipinski definition) is 2. The number of rotatable bonds is 12. The van der Waals surface area contributed by atoms with Gasteiger partial charge in [-0.15, -0.1) is 0 Å². The number of carbonyl (C=O) groups excluding carboxylic acids is 2. The molecule has 2 N–H and O–H groups in total. The van der Waals surface area contributed by atoms with Gasteiger partial charge in [0, 0.05) is 34.3 Å². The van der Waals surface area contributed by atoms with Crippen molar-refractivity contribution in [3.05, 3.63) is 69.7 Å². The first-order chi connectivity index (χ1) is 14.9. The maximum Gasteiger partial charge on any atom is 0.251 e. The molecule has 0 aliphatic rings. The summed E-state index contributed by atoms with van der Waals surface area (Å²) in [5.41, 5.74) is 1.14. The summed E-state index contributed by atoms with van der Waals surface area (Å²) in [5.74, 6) is -0.224. The fraction of sp³-hybridized carbons (Fsp3) is 0.440. The van der Waals surface area contributed by atoms with Gasteiger partial charge in [0.1, 0.15) is 0 Å². The average Bonchev–Trinajstić information content (AvgIpc) is 2.77. The van der Waals surface area contributed by atoms with Gasteiger partial charge in [0.25, 0.3) is 11.8 Å². The third-order valence-corrected chi connectivity index (χ3v) is 6.25. The van der Waals surface area contributed by atoms with Crippen LogP contribution in [0.3, 0.4) is 0 Å². The first-order valence-electron chi connectivity index (χ1n) is 11.0. The van der Waals surface area contributed by atoms with Crippen LogP contribution >= 0.6 is 23.2 Å². The fourth-order valence-corrected chi connectivity index (χ4v) is 4.11. The summed E-state index contributed by atoms with van der Waals surface area (Å²) in [6.07, 6.45) is 5.99. The Labute approximate surface area is 195 Å². The molecule has 31 heavy (non-hydrogen) atoms. The Morgan fingerprint density at radius 1 is 0.839 bits per heavy atom. The van der Waals surface area contributed by atoms with Gasteiger partial charge >= 0.3 is 0 Å². The molecule has 0 unspecified atom stereocenters. The summed E-state index contributed by atoms with van der Waals surface area (Å²) in [7, 11) is 0. The maximum absolute atomic E-state index is 12.6. The molecule has 2 amide bonds. The van der Waals surface area contributed by atoms with Gasteiger partial charge in [-0.3, -0.25) is 9.59 Å². The molecule has 1 atom stereocenters. The number of hydrogen-bond donors (Lipinski definition) is 2. The summed E-state index contributed by atoms with van der Waals surface area (Å²) in [6.45, 7) is 5.54. The molecule has 2 aromatic rings. The van der Waals surface area contributed by atoms with E-state index in [4.69, 9.17) is 23.2 Å². The van der Waals surface area contributed by atoms with E-state index in [-0.39, 0.29) is 17.2 Å². The van der Waals surface area contributed by atoms with E-state index in [1.165, 1.54) is 0 Å². The topological polar surface area (TPSA) is 58.2 Å². The monoisotopic (exact) mass is 462 g/mol. The lowest BCUT2D eigenvalue weighted by atomic mass is 9.76. The second-order valence-corrected chi connectivity index (χ2v) is 8.89. The predicted molar refractivity (Wildman–Crippen MR) is 129 cm³/mol. The molecule has 0 aromatic heterocycles. The molecular formula is C25H32Cl2N2O2. The van der Waals surface area contributed by atoms with E-state index in [9.17, 15) is 9.59 Å². The summed E-state index contributed by atoms with van der Waals surface area (Å²) < 4.78 is 0. The molecule has 0 saturated heterocycles. The number of halogens is 2. The van der Waals surface area contributed by atoms with Gasteiger partial charge < -0.3 is 10.6 Å². The molecule has 0 bridgehead atoms. The molecule has 2 rings (SSSR count). The van der Waals surface area contributed by atoms with Crippen LogP contribution in [0.5, 0.6) is 0 Å². The largest absolute Gasteiger partial charge is 0.352 e. The summed E-state index contributed by atoms with van der Waals surface area (Å²) >= 11 is 12.0. The quantitative estimate of drug-likeness (QED) is 0.352. The minimum Gasteiger partial charge on any atom is -0.352 e. The lowest BCUT2D eigenvalue weighted by molar-refractivity contribution is 0.0916. The van der Waals surface area contributed by atoms with Gasteiger partial charge in [0.2, 0.25) is 0 Å². The van der Waals surface area contributed by atoms with Gasteiger partial charge in [-0.1, -0.05) is 62.0 Å². The van der Waals surface area contributed by atoms with Crippen molar-refractivity contribution in [1.29, 1.82) is 0 Å². The van der Waals surface area contributed by atoms with Crippen molar-refractivity contribution >= 4 is 35.0 Å². The molecule has 0 fully saturated rings. The van der Waals surface area contributed by atoms with Crippen LogP contribution < -0.4 is 10.6 Å². The zero-order valence-electron chi connectivity index (χ0n) is 18.3. The van der Waals surface area contributed by atoms with E-state index in [0.29, 0.717) is 34.3 Å². The van der Waals surface area contributed by atoms with Crippen LogP contribution in [-0.4, -0.2) is 24.9 Å². The Bertz CT molecular complexity index is 872. The van der Waals surface area contributed by atoms with Crippen molar-refractivity contribution in [2.24, 2.45) is 5.41 Å². The Morgan fingerprint density at radius 2 is 1.39 bits per heavy atom. The van der Waals surface area contributed by atoms with Crippen LogP contribution in [0.25, 0.3) is 0 Å². The van der Waals surface area contributed by atoms with Crippen LogP contribution in [0.2, 0.25) is 10.0 Å². The van der Waals surface area contributed by atoms with E-state index < -0.39 is 0 Å². The molecule has 0 aliphatic carbocycles. The van der Waals surface area contributed by atoms with Crippen LogP contribution in [0.1, 0.15) is 73.1 Å². The van der Waals surface area contributed by atoms with Crippen molar-refractivity contribution in [3.8, 4) is 0 Å². The lowest BCUT2D eigenvalue weighted by Crippen LogP contribution is -2.38. The number of amides is 2. The number of nitrogens with one attached hydrogen (secondary N) is 2. The first-order valence-corrected chi connectivity index (χ1v) is 11.7. The van der Waals surface area contributed by atoms with Crippen molar-refractivity contribution < 1.29 is 9.59 Å². The molecule has 2 aromatic carbocycles. The molecule has 0 spiro atoms. The minimum atomic E-state index is -0.118. The minimum absolute atomic E-state index is 0.00499. The highest BCUT2D eigenvalue weighted by Gasteiger charge is 2.28. The Balaban J connectivity index is 1.92. The molecule has 168 valence electrons. The molecule has 0 radical (unpaired) electrons. The summed E-state index contributed by atoms with van der Waals surface area (Å²) in [4.78, 5) is 24.9. The SMILES string of the molecule is CCCC[C@](CC)(CCCNC(=O)c1cccc(Cl)c1)CNC(=O)c1cccc(Cl)c1. The second kappa shape index (κ2) is 12.7. The standard InChI is InChI=1S/C25H32Cl2N2O2/c1-3-5-13-25(4-2,18-29-24(31)20-10-7-12-22(27)17-20)14-8-15-28-23(30)19-9-6-11-21(26)16-19/h6-7,9-12,16-17H,3-5,8,13-15,18H2,1-2H3,(H,28,30)(H,29,31)/t25-/m1/s1. The van der Waals surface area contributed by atoms with Crippen molar-refractivity contribution in [3.63, 3.8) is 0 Å². The van der Waals surface area contributed by atoms with Gasteiger partial charge in [0.05, 0.1) is 0 Å². The fourth-order valence-electron chi connectivity index (χ4n) is 3.73. The molecule has 6 heteroatoms. The smallest absolute Gasteiger partial charge is 0.251 e. The highest BCUT2D eigenvalue weighted by Crippen LogP contribution is 2.33. The predicted octanol–water partition coefficient (Wildman–Crippen LogP) is 6.52. The highest BCUT2D eigenvalue weighted by atomic mass is 35.5. The molecule has 0 aliphatic heterocycles. The van der Waals surface area contributed by atoms with Crippen molar-refractivity contribution in [2.75, 3.05) is 13.1 Å². The van der Waals surface area contributed by atoms with Crippen LogP contribution in [0.4, 0.5) is 0 Å². The van der Waals surface area contributed by atoms with Crippen LogP contribution in [0.15, 0.2) is 48.5 Å². The average molecular weight is 463 g/mol. The van der Waals surface area contributed by atoms with Gasteiger partial charge in [-0.05, 0) is 67.5 Å². The zero-order chi connectivity index (χ0) is 22.7. The van der Waals surface area contributed by atoms with E-state index in [0.717, 1.165) is 38.5 Å². The third-order valence-electron chi connectivity index (χ3n) is 5.78. The van der Waals surface area contributed by atoms with Gasteiger partial charge in [-0.2, -0.15) is 0 Å². The lowest BCUT2D eigenvalue weighted by Gasteiger charge is -2.33. The first kappa shape index (κ1) is 25.2. The Hall–Kier alpha value is -2.04. The Morgan fingerprint density at radius 3 is 1.90 bits per heavy atom. The van der Waals surface area contributed by atoms with Gasteiger partial charge in [0.15, 0.2) is 0 Å². The van der Waals surface area contributed by atoms with Crippen molar-refractivity contribution in [2.45, 2.75) is 52.4 Å².